The van der Waals surface area contributed by atoms with Gasteiger partial charge in [0.15, 0.2) is 5.96 Å². The first-order chi connectivity index (χ1) is 14.7. The van der Waals surface area contributed by atoms with Crippen LogP contribution in [-0.2, 0) is 24.4 Å². The third kappa shape index (κ3) is 7.57. The molecule has 2 aromatic carbocycles. The van der Waals surface area contributed by atoms with E-state index < -0.39 is 0 Å². The Kier molecular flexibility index (Phi) is 10.4. The minimum atomic E-state index is 0. The normalized spacial score (nSPS) is 13.5. The topological polar surface area (TPSA) is 66.0 Å². The van der Waals surface area contributed by atoms with E-state index in [0.717, 1.165) is 35.4 Å². The van der Waals surface area contributed by atoms with Crippen LogP contribution in [0.25, 0.3) is 0 Å². The number of nitrogens with zero attached hydrogens (tertiary/aromatic N) is 2. The summed E-state index contributed by atoms with van der Waals surface area (Å²) < 4.78 is 5.71. The number of guanidine groups is 1. The molecule has 0 aromatic heterocycles. The number of rotatable bonds is 9. The van der Waals surface area contributed by atoms with Crippen molar-refractivity contribution < 1.29 is 9.53 Å². The Bertz CT molecular complexity index is 901. The monoisotopic (exact) mass is 534 g/mol. The molecule has 0 atom stereocenters. The average molecular weight is 534 g/mol. The summed E-state index contributed by atoms with van der Waals surface area (Å²) >= 11 is 0. The van der Waals surface area contributed by atoms with Gasteiger partial charge in [-0.25, -0.2) is 0 Å². The van der Waals surface area contributed by atoms with E-state index in [2.05, 4.69) is 40.4 Å². The van der Waals surface area contributed by atoms with E-state index in [-0.39, 0.29) is 29.9 Å². The van der Waals surface area contributed by atoms with E-state index in [0.29, 0.717) is 38.6 Å². The summed E-state index contributed by atoms with van der Waals surface area (Å²) in [5, 5.41) is 6.68. The Balaban J connectivity index is 0.00000341. The van der Waals surface area contributed by atoms with Crippen LogP contribution in [0.5, 0.6) is 5.75 Å². The molecule has 31 heavy (non-hydrogen) atoms. The van der Waals surface area contributed by atoms with E-state index in [1.807, 2.05) is 35.2 Å². The molecule has 0 spiro atoms. The molecule has 0 radical (unpaired) electrons. The number of amides is 1. The lowest BCUT2D eigenvalue weighted by Gasteiger charge is -2.17. The molecule has 2 N–H and O–H groups in total. The highest BCUT2D eigenvalue weighted by atomic mass is 127. The maximum atomic E-state index is 11.9. The number of para-hydroxylation sites is 1. The van der Waals surface area contributed by atoms with Crippen LogP contribution in [0.4, 0.5) is 0 Å². The number of hydrogen-bond donors (Lipinski definition) is 2. The fraction of sp³-hybridized carbons (Fsp3) is 0.333. The van der Waals surface area contributed by atoms with Crippen LogP contribution in [-0.4, -0.2) is 37.0 Å². The number of carbonyl (C=O) groups excluding carboxylic acids is 1. The molecular weight excluding hydrogens is 503 g/mol. The van der Waals surface area contributed by atoms with E-state index >= 15 is 0 Å². The number of hydrogen-bond acceptors (Lipinski definition) is 3. The van der Waals surface area contributed by atoms with Crippen molar-refractivity contribution in [2.45, 2.75) is 32.5 Å². The van der Waals surface area contributed by atoms with E-state index in [1.165, 1.54) is 0 Å². The number of halogens is 1. The van der Waals surface area contributed by atoms with Gasteiger partial charge >= 0.3 is 0 Å². The Morgan fingerprint density at radius 1 is 1.16 bits per heavy atom. The summed E-state index contributed by atoms with van der Waals surface area (Å²) in [6, 6.07) is 16.3. The van der Waals surface area contributed by atoms with Gasteiger partial charge < -0.3 is 20.3 Å². The fourth-order valence-corrected chi connectivity index (χ4v) is 3.45. The SMILES string of the molecule is C=CCOc1ccccc1CNC(=NC)NCc1cccc(CN2CCCC2=O)c1.I. The molecule has 0 saturated carbocycles. The summed E-state index contributed by atoms with van der Waals surface area (Å²) in [6.45, 7) is 6.96. The highest BCUT2D eigenvalue weighted by Gasteiger charge is 2.19. The van der Waals surface area contributed by atoms with E-state index in [4.69, 9.17) is 4.74 Å². The lowest BCUT2D eigenvalue weighted by Crippen LogP contribution is -2.36. The largest absolute Gasteiger partial charge is 0.489 e. The van der Waals surface area contributed by atoms with Crippen molar-refractivity contribution in [1.82, 2.24) is 15.5 Å². The lowest BCUT2D eigenvalue weighted by molar-refractivity contribution is -0.128. The summed E-state index contributed by atoms with van der Waals surface area (Å²) in [5.41, 5.74) is 3.36. The summed E-state index contributed by atoms with van der Waals surface area (Å²) in [4.78, 5) is 18.1. The number of likely N-dealkylation sites (tertiary alicyclic amines) is 1. The predicted molar refractivity (Wildman–Crippen MR) is 136 cm³/mol. The van der Waals surface area contributed by atoms with Crippen molar-refractivity contribution in [3.05, 3.63) is 77.9 Å². The molecule has 1 saturated heterocycles. The van der Waals surface area contributed by atoms with Crippen molar-refractivity contribution in [3.63, 3.8) is 0 Å². The molecule has 3 rings (SSSR count). The van der Waals surface area contributed by atoms with Crippen LogP contribution in [0.2, 0.25) is 0 Å². The Labute approximate surface area is 201 Å². The molecule has 1 heterocycles. The zero-order chi connectivity index (χ0) is 21.2. The van der Waals surface area contributed by atoms with Gasteiger partial charge in [0.25, 0.3) is 0 Å². The molecule has 0 aliphatic carbocycles. The second-order valence-corrected chi connectivity index (χ2v) is 7.23. The molecule has 166 valence electrons. The highest BCUT2D eigenvalue weighted by Crippen LogP contribution is 2.18. The number of aliphatic imine (C=N–C) groups is 1. The van der Waals surface area contributed by atoms with Gasteiger partial charge in [-0.15, -0.1) is 24.0 Å². The van der Waals surface area contributed by atoms with E-state index in [1.54, 1.807) is 13.1 Å². The molecule has 1 aliphatic heterocycles. The number of ether oxygens (including phenoxy) is 1. The average Bonchev–Trinajstić information content (AvgIpc) is 3.17. The van der Waals surface area contributed by atoms with Crippen LogP contribution in [0.15, 0.2) is 66.2 Å². The second-order valence-electron chi connectivity index (χ2n) is 7.23. The molecular formula is C24H31IN4O2. The standard InChI is InChI=1S/C24H30N4O2.HI/c1-3-14-30-22-11-5-4-10-21(22)17-27-24(25-2)26-16-19-8-6-9-20(15-19)18-28-13-7-12-23(28)29;/h3-6,8-11,15H,1,7,12-14,16-18H2,2H3,(H2,25,26,27);1H. The Hall–Kier alpha value is -2.55. The summed E-state index contributed by atoms with van der Waals surface area (Å²) in [5.74, 6) is 1.80. The first kappa shape index (κ1) is 24.7. The minimum absolute atomic E-state index is 0. The van der Waals surface area contributed by atoms with Crippen molar-refractivity contribution in [3.8, 4) is 5.75 Å². The summed E-state index contributed by atoms with van der Waals surface area (Å²) in [6.07, 6.45) is 3.37. The molecule has 1 fully saturated rings. The maximum absolute atomic E-state index is 11.9. The van der Waals surface area contributed by atoms with Crippen LogP contribution < -0.4 is 15.4 Å². The lowest BCUT2D eigenvalue weighted by atomic mass is 10.1. The smallest absolute Gasteiger partial charge is 0.222 e. The number of nitrogens with one attached hydrogen (secondary N) is 2. The summed E-state index contributed by atoms with van der Waals surface area (Å²) in [7, 11) is 1.75. The van der Waals surface area contributed by atoms with Gasteiger partial charge in [-0.2, -0.15) is 0 Å². The Morgan fingerprint density at radius 3 is 2.68 bits per heavy atom. The van der Waals surface area contributed by atoms with Gasteiger partial charge in [-0.1, -0.05) is 55.1 Å². The highest BCUT2D eigenvalue weighted by molar-refractivity contribution is 14.0. The van der Waals surface area contributed by atoms with Gasteiger partial charge in [-0.3, -0.25) is 9.79 Å². The van der Waals surface area contributed by atoms with Gasteiger partial charge in [0.2, 0.25) is 5.91 Å². The molecule has 0 bridgehead atoms. The zero-order valence-electron chi connectivity index (χ0n) is 18.0. The molecule has 1 aliphatic rings. The molecule has 2 aromatic rings. The van der Waals surface area contributed by atoms with Gasteiger partial charge in [0.05, 0.1) is 0 Å². The maximum Gasteiger partial charge on any atom is 0.222 e. The van der Waals surface area contributed by atoms with Crippen LogP contribution >= 0.6 is 24.0 Å². The van der Waals surface area contributed by atoms with Crippen LogP contribution in [0, 0.1) is 0 Å². The molecule has 7 heteroatoms. The van der Waals surface area contributed by atoms with Gasteiger partial charge in [-0.05, 0) is 23.6 Å². The third-order valence-electron chi connectivity index (χ3n) is 5.00. The zero-order valence-corrected chi connectivity index (χ0v) is 20.3. The first-order valence-corrected chi connectivity index (χ1v) is 10.3. The predicted octanol–water partition coefficient (Wildman–Crippen LogP) is 3.86. The third-order valence-corrected chi connectivity index (χ3v) is 5.00. The van der Waals surface area contributed by atoms with Crippen molar-refractivity contribution in [2.75, 3.05) is 20.2 Å². The second kappa shape index (κ2) is 13.0. The van der Waals surface area contributed by atoms with Crippen LogP contribution in [0.3, 0.4) is 0 Å². The van der Waals surface area contributed by atoms with Crippen LogP contribution in [0.1, 0.15) is 29.5 Å². The van der Waals surface area contributed by atoms with Gasteiger partial charge in [0, 0.05) is 45.2 Å². The minimum Gasteiger partial charge on any atom is -0.489 e. The fourth-order valence-electron chi connectivity index (χ4n) is 3.45. The first-order valence-electron chi connectivity index (χ1n) is 10.3. The van der Waals surface area contributed by atoms with Crippen molar-refractivity contribution in [2.24, 2.45) is 4.99 Å². The number of carbonyl (C=O) groups is 1. The van der Waals surface area contributed by atoms with Crippen molar-refractivity contribution in [1.29, 1.82) is 0 Å². The van der Waals surface area contributed by atoms with E-state index in [9.17, 15) is 4.79 Å². The molecule has 1 amide bonds. The molecule has 0 unspecified atom stereocenters. The quantitative estimate of drug-likeness (QED) is 0.222. The van der Waals surface area contributed by atoms with Crippen molar-refractivity contribution >= 4 is 35.8 Å². The Morgan fingerprint density at radius 2 is 1.94 bits per heavy atom. The van der Waals surface area contributed by atoms with Gasteiger partial charge in [0.1, 0.15) is 12.4 Å². The molecule has 6 nitrogen and oxygen atoms in total. The number of benzene rings is 2.